The fourth-order valence-corrected chi connectivity index (χ4v) is 2.68. The minimum absolute atomic E-state index is 0.351. The third-order valence-corrected chi connectivity index (χ3v) is 4.36. The summed E-state index contributed by atoms with van der Waals surface area (Å²) < 4.78 is 6.55. The second-order valence-electron chi connectivity index (χ2n) is 6.45. The van der Waals surface area contributed by atoms with Gasteiger partial charge in [-0.05, 0) is 53.1 Å². The first kappa shape index (κ1) is 19.2. The number of tetrazole rings is 1. The molecule has 1 heterocycles. The molecule has 0 fully saturated rings. The molecular weight excluding hydrogens is 358 g/mol. The lowest BCUT2D eigenvalue weighted by molar-refractivity contribution is -0.151. The average molecular weight is 379 g/mol. The van der Waals surface area contributed by atoms with Gasteiger partial charge in [0.15, 0.2) is 12.6 Å². The third kappa shape index (κ3) is 5.00. The topological polar surface area (TPSA) is 99.0 Å². The molecule has 8 nitrogen and oxygen atoms in total. The van der Waals surface area contributed by atoms with Crippen LogP contribution < -0.4 is 5.32 Å². The van der Waals surface area contributed by atoms with Crippen molar-refractivity contribution in [1.29, 1.82) is 0 Å². The first-order valence-electron chi connectivity index (χ1n) is 8.83. The van der Waals surface area contributed by atoms with Gasteiger partial charge in [-0.3, -0.25) is 4.79 Å². The molecule has 0 unspecified atom stereocenters. The maximum absolute atomic E-state index is 12.6. The van der Waals surface area contributed by atoms with Gasteiger partial charge in [0.25, 0.3) is 5.91 Å². The molecule has 0 bridgehead atoms. The number of carbonyl (C=O) groups is 2. The van der Waals surface area contributed by atoms with E-state index >= 15 is 0 Å². The van der Waals surface area contributed by atoms with E-state index in [1.54, 1.807) is 6.07 Å². The van der Waals surface area contributed by atoms with Crippen molar-refractivity contribution in [2.24, 2.45) is 0 Å². The van der Waals surface area contributed by atoms with Gasteiger partial charge in [-0.2, -0.15) is 0 Å². The summed E-state index contributed by atoms with van der Waals surface area (Å²) in [4.78, 5) is 24.7. The second-order valence-corrected chi connectivity index (χ2v) is 6.45. The lowest BCUT2D eigenvalue weighted by Crippen LogP contribution is -2.28. The summed E-state index contributed by atoms with van der Waals surface area (Å²) in [5, 5.41) is 13.7. The molecule has 0 radical (unpaired) electrons. The normalized spacial score (nSPS) is 11.6. The first-order valence-corrected chi connectivity index (χ1v) is 8.83. The van der Waals surface area contributed by atoms with Crippen LogP contribution in [0.1, 0.15) is 22.7 Å². The summed E-state index contributed by atoms with van der Waals surface area (Å²) in [6.45, 7) is 3.57. The van der Waals surface area contributed by atoms with Crippen molar-refractivity contribution in [3.05, 3.63) is 71.5 Å². The van der Waals surface area contributed by atoms with E-state index in [-0.39, 0.29) is 6.61 Å². The van der Waals surface area contributed by atoms with Crippen LogP contribution in [0.3, 0.4) is 0 Å². The second kappa shape index (κ2) is 8.90. The zero-order chi connectivity index (χ0) is 19.9. The zero-order valence-electron chi connectivity index (χ0n) is 15.7. The van der Waals surface area contributed by atoms with Crippen LogP contribution in [0.25, 0.3) is 0 Å². The molecule has 144 valence electrons. The summed E-state index contributed by atoms with van der Waals surface area (Å²) in [6.07, 6.45) is 1.70. The van der Waals surface area contributed by atoms with E-state index in [0.29, 0.717) is 12.1 Å². The van der Waals surface area contributed by atoms with Gasteiger partial charge < -0.3 is 10.1 Å². The molecule has 8 heteroatoms. The summed E-state index contributed by atoms with van der Waals surface area (Å²) in [6, 6.07) is 14.3. The molecule has 28 heavy (non-hydrogen) atoms. The average Bonchev–Trinajstić information content (AvgIpc) is 3.22. The summed E-state index contributed by atoms with van der Waals surface area (Å²) in [5.74, 6) is -0.988. The van der Waals surface area contributed by atoms with Crippen LogP contribution >= 0.6 is 0 Å². The van der Waals surface area contributed by atoms with E-state index in [0.717, 1.165) is 16.7 Å². The van der Waals surface area contributed by atoms with Crippen LogP contribution in [0, 0.1) is 13.8 Å². The van der Waals surface area contributed by atoms with Crippen molar-refractivity contribution in [3.63, 3.8) is 0 Å². The fraction of sp³-hybridized carbons (Fsp3) is 0.250. The minimum atomic E-state index is -0.758. The molecule has 3 rings (SSSR count). The molecule has 0 aliphatic heterocycles. The van der Waals surface area contributed by atoms with Gasteiger partial charge in [0.1, 0.15) is 6.33 Å². The Morgan fingerprint density at radius 3 is 2.57 bits per heavy atom. The van der Waals surface area contributed by atoms with Gasteiger partial charge in [-0.15, -0.1) is 5.10 Å². The number of carbonyl (C=O) groups excluding carboxylic acids is 2. The number of nitrogens with one attached hydrogen (secondary N) is 1. The Balaban J connectivity index is 1.61. The van der Waals surface area contributed by atoms with Gasteiger partial charge in [-0.25, -0.2) is 9.48 Å². The molecule has 1 amide bonds. The van der Waals surface area contributed by atoms with E-state index in [1.807, 2.05) is 56.3 Å². The molecule has 1 atom stereocenters. The maximum atomic E-state index is 12.6. The molecule has 0 aliphatic rings. The predicted molar refractivity (Wildman–Crippen MR) is 103 cm³/mol. The van der Waals surface area contributed by atoms with E-state index in [4.69, 9.17) is 4.74 Å². The molecule has 0 spiro atoms. The molecule has 1 aromatic heterocycles. The Morgan fingerprint density at radius 2 is 1.89 bits per heavy atom. The van der Waals surface area contributed by atoms with Crippen molar-refractivity contribution >= 4 is 17.6 Å². The van der Waals surface area contributed by atoms with E-state index in [9.17, 15) is 9.59 Å². The summed E-state index contributed by atoms with van der Waals surface area (Å²) in [5.41, 5.74) is 3.79. The van der Waals surface area contributed by atoms with Gasteiger partial charge in [0.05, 0.1) is 0 Å². The standard InChI is InChI=1S/C20H21N5O3/c1-14-8-9-17(10-15(14)2)22-19(26)12-28-20(27)18(25-13-21-23-24-25)11-16-6-4-3-5-7-16/h3-10,13,18H,11-12H2,1-2H3,(H,22,26)/t18-/m0/s1. The smallest absolute Gasteiger partial charge is 0.331 e. The van der Waals surface area contributed by atoms with Crippen LogP contribution in [0.2, 0.25) is 0 Å². The van der Waals surface area contributed by atoms with Crippen molar-refractivity contribution < 1.29 is 14.3 Å². The Bertz CT molecular complexity index is 942. The monoisotopic (exact) mass is 379 g/mol. The van der Waals surface area contributed by atoms with E-state index in [1.165, 1.54) is 11.0 Å². The van der Waals surface area contributed by atoms with Crippen LogP contribution in [-0.4, -0.2) is 38.7 Å². The number of hydrogen-bond acceptors (Lipinski definition) is 6. The Kier molecular flexibility index (Phi) is 6.11. The molecule has 0 aliphatic carbocycles. The lowest BCUT2D eigenvalue weighted by atomic mass is 10.1. The number of anilines is 1. The van der Waals surface area contributed by atoms with Gasteiger partial charge in [-0.1, -0.05) is 36.4 Å². The molecule has 1 N–H and O–H groups in total. The number of aryl methyl sites for hydroxylation is 2. The third-order valence-electron chi connectivity index (χ3n) is 4.36. The number of nitrogens with zero attached hydrogens (tertiary/aromatic N) is 4. The number of benzene rings is 2. The number of esters is 1. The highest BCUT2D eigenvalue weighted by atomic mass is 16.5. The van der Waals surface area contributed by atoms with Crippen LogP contribution in [0.4, 0.5) is 5.69 Å². The van der Waals surface area contributed by atoms with Crippen LogP contribution in [-0.2, 0) is 20.7 Å². The minimum Gasteiger partial charge on any atom is -0.454 e. The fourth-order valence-electron chi connectivity index (χ4n) is 2.68. The number of hydrogen-bond donors (Lipinski definition) is 1. The highest BCUT2D eigenvalue weighted by molar-refractivity contribution is 5.93. The van der Waals surface area contributed by atoms with Crippen LogP contribution in [0.15, 0.2) is 54.9 Å². The van der Waals surface area contributed by atoms with E-state index < -0.39 is 17.9 Å². The van der Waals surface area contributed by atoms with E-state index in [2.05, 4.69) is 20.8 Å². The highest BCUT2D eigenvalue weighted by Crippen LogP contribution is 2.16. The molecule has 3 aromatic rings. The quantitative estimate of drug-likeness (QED) is 0.632. The van der Waals surface area contributed by atoms with Gasteiger partial charge in [0, 0.05) is 12.1 Å². The molecule has 0 saturated carbocycles. The first-order chi connectivity index (χ1) is 13.5. The number of rotatable bonds is 7. The van der Waals surface area contributed by atoms with Crippen molar-refractivity contribution in [2.45, 2.75) is 26.3 Å². The molecule has 2 aromatic carbocycles. The van der Waals surface area contributed by atoms with Crippen molar-refractivity contribution in [2.75, 3.05) is 11.9 Å². The Labute approximate surface area is 162 Å². The van der Waals surface area contributed by atoms with Crippen molar-refractivity contribution in [3.8, 4) is 0 Å². The highest BCUT2D eigenvalue weighted by Gasteiger charge is 2.24. The predicted octanol–water partition coefficient (Wildman–Crippen LogP) is 2.26. The Morgan fingerprint density at radius 1 is 1.11 bits per heavy atom. The number of aromatic nitrogens is 4. The van der Waals surface area contributed by atoms with Crippen molar-refractivity contribution in [1.82, 2.24) is 20.2 Å². The Hall–Kier alpha value is -3.55. The van der Waals surface area contributed by atoms with Gasteiger partial charge >= 0.3 is 5.97 Å². The summed E-state index contributed by atoms with van der Waals surface area (Å²) in [7, 11) is 0. The van der Waals surface area contributed by atoms with Crippen LogP contribution in [0.5, 0.6) is 0 Å². The number of ether oxygens (including phenoxy) is 1. The maximum Gasteiger partial charge on any atom is 0.331 e. The number of amides is 1. The van der Waals surface area contributed by atoms with Gasteiger partial charge in [0.2, 0.25) is 0 Å². The summed E-state index contributed by atoms with van der Waals surface area (Å²) >= 11 is 0. The molecular formula is C20H21N5O3. The SMILES string of the molecule is Cc1ccc(NC(=O)COC(=O)[C@H](Cc2ccccc2)n2cnnn2)cc1C. The lowest BCUT2D eigenvalue weighted by Gasteiger charge is -2.15. The molecule has 0 saturated heterocycles. The zero-order valence-corrected chi connectivity index (χ0v) is 15.7. The largest absolute Gasteiger partial charge is 0.454 e.